The van der Waals surface area contributed by atoms with Crippen LogP contribution in [0.5, 0.6) is 0 Å². The second-order valence-electron chi connectivity index (χ2n) is 8.29. The summed E-state index contributed by atoms with van der Waals surface area (Å²) < 4.78 is 2.20. The predicted molar refractivity (Wildman–Crippen MR) is 137 cm³/mol. The van der Waals surface area contributed by atoms with Crippen molar-refractivity contribution in [2.45, 2.75) is 18.1 Å². The van der Waals surface area contributed by atoms with E-state index in [1.807, 2.05) is 42.7 Å². The normalized spacial score (nSPS) is 12.4. The minimum absolute atomic E-state index is 0.364. The zero-order valence-corrected chi connectivity index (χ0v) is 19.4. The molecule has 3 nitrogen and oxygen atoms in total. The van der Waals surface area contributed by atoms with Crippen molar-refractivity contribution in [2.24, 2.45) is 0 Å². The molecule has 0 aliphatic heterocycles. The lowest BCUT2D eigenvalue weighted by Crippen LogP contribution is -2.38. The van der Waals surface area contributed by atoms with Gasteiger partial charge in [-0.05, 0) is 34.4 Å². The van der Waals surface area contributed by atoms with Crippen LogP contribution >= 0.6 is 11.6 Å². The van der Waals surface area contributed by atoms with E-state index in [-0.39, 0.29) is 0 Å². The number of aliphatic hydroxyl groups excluding tert-OH is 1. The highest BCUT2D eigenvalue weighted by Gasteiger charge is 2.39. The summed E-state index contributed by atoms with van der Waals surface area (Å²) in [5.41, 5.74) is 3.51. The van der Waals surface area contributed by atoms with E-state index in [9.17, 15) is 5.11 Å². The molecule has 34 heavy (non-hydrogen) atoms. The summed E-state index contributed by atoms with van der Waals surface area (Å²) >= 11 is 6.05. The van der Waals surface area contributed by atoms with E-state index in [4.69, 9.17) is 16.6 Å². The Morgan fingerprint density at radius 3 is 1.65 bits per heavy atom. The van der Waals surface area contributed by atoms with Crippen molar-refractivity contribution >= 4 is 11.6 Å². The van der Waals surface area contributed by atoms with E-state index in [0.717, 1.165) is 28.1 Å². The largest absolute Gasteiger partial charge is 0.388 e. The fraction of sp³-hybridized carbons (Fsp3) is 0.100. The Hall–Kier alpha value is -3.66. The van der Waals surface area contributed by atoms with Crippen LogP contribution in [-0.4, -0.2) is 14.7 Å². The maximum atomic E-state index is 11.1. The molecule has 0 radical (unpaired) electrons. The summed E-state index contributed by atoms with van der Waals surface area (Å²) in [5.74, 6) is 0.791. The fourth-order valence-electron chi connectivity index (χ4n) is 4.72. The number of benzene rings is 4. The molecule has 1 unspecified atom stereocenters. The van der Waals surface area contributed by atoms with E-state index >= 15 is 0 Å². The van der Waals surface area contributed by atoms with Crippen LogP contribution in [0.3, 0.4) is 0 Å². The number of halogens is 1. The van der Waals surface area contributed by atoms with Gasteiger partial charge >= 0.3 is 0 Å². The van der Waals surface area contributed by atoms with E-state index < -0.39 is 11.6 Å². The number of aromatic nitrogens is 2. The van der Waals surface area contributed by atoms with Gasteiger partial charge in [0.25, 0.3) is 0 Å². The summed E-state index contributed by atoms with van der Waals surface area (Å²) in [6, 6.07) is 38.7. The number of hydrogen-bond donors (Lipinski definition) is 1. The van der Waals surface area contributed by atoms with E-state index in [1.165, 1.54) is 0 Å². The Kier molecular flexibility index (Phi) is 6.31. The van der Waals surface area contributed by atoms with Gasteiger partial charge in [-0.15, -0.1) is 0 Å². The van der Waals surface area contributed by atoms with Crippen molar-refractivity contribution < 1.29 is 5.11 Å². The van der Waals surface area contributed by atoms with Gasteiger partial charge in [0.05, 0.1) is 6.10 Å². The fourth-order valence-corrected chi connectivity index (χ4v) is 4.85. The quantitative estimate of drug-likeness (QED) is 0.274. The molecule has 1 N–H and O–H groups in total. The van der Waals surface area contributed by atoms with Crippen LogP contribution < -0.4 is 0 Å². The first kappa shape index (κ1) is 22.1. The zero-order valence-electron chi connectivity index (χ0n) is 18.6. The van der Waals surface area contributed by atoms with E-state index in [2.05, 4.69) is 77.4 Å². The Morgan fingerprint density at radius 2 is 1.18 bits per heavy atom. The first-order valence-corrected chi connectivity index (χ1v) is 11.7. The summed E-state index contributed by atoms with van der Waals surface area (Å²) in [6.45, 7) is 0. The summed E-state index contributed by atoms with van der Waals surface area (Å²) in [5, 5.41) is 11.7. The molecule has 0 fully saturated rings. The van der Waals surface area contributed by atoms with E-state index in [1.54, 1.807) is 12.1 Å². The molecule has 4 heteroatoms. The molecule has 1 heterocycles. The monoisotopic (exact) mass is 464 g/mol. The molecular formula is C30H25ClN2O. The average molecular weight is 465 g/mol. The Morgan fingerprint density at radius 1 is 0.706 bits per heavy atom. The molecule has 5 rings (SSSR count). The summed E-state index contributed by atoms with van der Waals surface area (Å²) in [6.07, 6.45) is 3.48. The average Bonchev–Trinajstić information content (AvgIpc) is 3.35. The van der Waals surface area contributed by atoms with Crippen LogP contribution in [0.15, 0.2) is 128 Å². The molecule has 0 aliphatic rings. The lowest BCUT2D eigenvalue weighted by atomic mass is 9.76. The highest BCUT2D eigenvalue weighted by molar-refractivity contribution is 6.30. The Bertz CT molecular complexity index is 1240. The Labute approximate surface area is 204 Å². The van der Waals surface area contributed by atoms with Gasteiger partial charge in [0.2, 0.25) is 0 Å². The molecule has 5 aromatic rings. The molecule has 0 saturated heterocycles. The van der Waals surface area contributed by atoms with Gasteiger partial charge in [0.15, 0.2) is 0 Å². The molecule has 0 amide bonds. The van der Waals surface area contributed by atoms with Gasteiger partial charge < -0.3 is 9.67 Å². The smallest absolute Gasteiger partial charge is 0.121 e. The molecule has 0 aliphatic carbocycles. The third kappa shape index (κ3) is 4.05. The van der Waals surface area contributed by atoms with Gasteiger partial charge in [-0.3, -0.25) is 0 Å². The zero-order chi connectivity index (χ0) is 23.4. The number of nitrogens with zero attached hydrogens (tertiary/aromatic N) is 2. The van der Waals surface area contributed by atoms with Gasteiger partial charge in [-0.1, -0.05) is 115 Å². The first-order valence-electron chi connectivity index (χ1n) is 11.3. The minimum Gasteiger partial charge on any atom is -0.388 e. The van der Waals surface area contributed by atoms with Gasteiger partial charge in [-0.2, -0.15) is 0 Å². The van der Waals surface area contributed by atoms with Crippen LogP contribution in [0.2, 0.25) is 5.02 Å². The maximum Gasteiger partial charge on any atom is 0.121 e. The number of hydrogen-bond acceptors (Lipinski definition) is 2. The summed E-state index contributed by atoms with van der Waals surface area (Å²) in [7, 11) is 0. The van der Waals surface area contributed by atoms with Crippen molar-refractivity contribution in [1.29, 1.82) is 0 Å². The lowest BCUT2D eigenvalue weighted by molar-refractivity contribution is 0.173. The highest BCUT2D eigenvalue weighted by Crippen LogP contribution is 2.41. The number of rotatable bonds is 7. The third-order valence-electron chi connectivity index (χ3n) is 6.28. The molecule has 1 atom stereocenters. The molecule has 0 spiro atoms. The van der Waals surface area contributed by atoms with Gasteiger partial charge in [0, 0.05) is 23.8 Å². The van der Waals surface area contributed by atoms with Crippen molar-refractivity contribution in [3.63, 3.8) is 0 Å². The molecule has 4 aromatic carbocycles. The van der Waals surface area contributed by atoms with Crippen LogP contribution in [0.25, 0.3) is 0 Å². The summed E-state index contributed by atoms with van der Waals surface area (Å²) in [4.78, 5) is 4.72. The number of aliphatic hydroxyl groups is 1. The topological polar surface area (TPSA) is 38.1 Å². The van der Waals surface area contributed by atoms with Crippen LogP contribution in [0.1, 0.15) is 34.2 Å². The number of imidazole rings is 1. The molecule has 0 bridgehead atoms. The van der Waals surface area contributed by atoms with Crippen molar-refractivity contribution in [2.75, 3.05) is 0 Å². The predicted octanol–water partition coefficient (Wildman–Crippen LogP) is 6.65. The second kappa shape index (κ2) is 9.68. The molecule has 1 aromatic heterocycles. The molecule has 0 saturated carbocycles. The van der Waals surface area contributed by atoms with Gasteiger partial charge in [-0.25, -0.2) is 4.98 Å². The van der Waals surface area contributed by atoms with Crippen LogP contribution in [0.4, 0.5) is 0 Å². The molecular weight excluding hydrogens is 440 g/mol. The Balaban J connectivity index is 1.72. The lowest BCUT2D eigenvalue weighted by Gasteiger charge is -2.38. The minimum atomic E-state index is -0.710. The molecule has 168 valence electrons. The first-order chi connectivity index (χ1) is 16.7. The second-order valence-corrected chi connectivity index (χ2v) is 8.73. The van der Waals surface area contributed by atoms with Crippen LogP contribution in [-0.2, 0) is 12.0 Å². The van der Waals surface area contributed by atoms with E-state index in [0.29, 0.717) is 11.4 Å². The SMILES string of the molecule is OC(Cc1nccn1C(c1ccccc1)(c1ccccc1)c1ccccc1)c1ccc(Cl)cc1. The van der Waals surface area contributed by atoms with Gasteiger partial charge in [0.1, 0.15) is 11.4 Å². The van der Waals surface area contributed by atoms with Crippen LogP contribution in [0, 0.1) is 0 Å². The van der Waals surface area contributed by atoms with Crippen molar-refractivity contribution in [1.82, 2.24) is 9.55 Å². The highest BCUT2D eigenvalue weighted by atomic mass is 35.5. The standard InChI is InChI=1S/C30H25ClN2O/c31-27-18-16-23(17-19-27)28(34)22-29-32-20-21-33(29)30(24-10-4-1-5-11-24,25-12-6-2-7-13-25)26-14-8-3-9-15-26/h1-21,28,34H,22H2. The van der Waals surface area contributed by atoms with Crippen molar-refractivity contribution in [3.05, 3.63) is 161 Å². The maximum absolute atomic E-state index is 11.1. The third-order valence-corrected chi connectivity index (χ3v) is 6.54. The van der Waals surface area contributed by atoms with Crippen molar-refractivity contribution in [3.8, 4) is 0 Å².